The molecule has 12 heavy (non-hydrogen) atoms. The van der Waals surface area contributed by atoms with Crippen molar-refractivity contribution in [2.24, 2.45) is 11.8 Å². The van der Waals surface area contributed by atoms with Crippen molar-refractivity contribution in [3.8, 4) is 0 Å². The van der Waals surface area contributed by atoms with E-state index in [9.17, 15) is 9.90 Å². The summed E-state index contributed by atoms with van der Waals surface area (Å²) in [4.78, 5) is 11.1. The molecule has 0 aromatic heterocycles. The Morgan fingerprint density at radius 3 is 2.83 bits per heavy atom. The maximum absolute atomic E-state index is 11.1. The van der Waals surface area contributed by atoms with Gasteiger partial charge in [0, 0.05) is 12.8 Å². The number of fused-ring (bicyclic) bond motifs is 1. The molecule has 0 unspecified atom stereocenters. The molecule has 0 amide bonds. The van der Waals surface area contributed by atoms with Crippen molar-refractivity contribution in [2.45, 2.75) is 44.6 Å². The quantitative estimate of drug-likeness (QED) is 0.595. The minimum Gasteiger partial charge on any atom is -0.393 e. The van der Waals surface area contributed by atoms with E-state index in [0.717, 1.165) is 38.5 Å². The fourth-order valence-electron chi connectivity index (χ4n) is 2.67. The van der Waals surface area contributed by atoms with E-state index in [4.69, 9.17) is 0 Å². The van der Waals surface area contributed by atoms with Gasteiger partial charge < -0.3 is 5.11 Å². The Bertz CT molecular complexity index is 188. The molecule has 0 spiro atoms. The van der Waals surface area contributed by atoms with E-state index in [2.05, 4.69) is 0 Å². The predicted octanol–water partition coefficient (Wildman–Crippen LogP) is 1.52. The highest BCUT2D eigenvalue weighted by Crippen LogP contribution is 2.39. The summed E-state index contributed by atoms with van der Waals surface area (Å²) < 4.78 is 0. The van der Waals surface area contributed by atoms with Gasteiger partial charge in [-0.15, -0.1) is 0 Å². The summed E-state index contributed by atoms with van der Waals surface area (Å²) in [6.07, 6.45) is 5.41. The highest BCUT2D eigenvalue weighted by molar-refractivity contribution is 5.79. The predicted molar refractivity (Wildman–Crippen MR) is 45.7 cm³/mol. The Morgan fingerprint density at radius 2 is 2.00 bits per heavy atom. The topological polar surface area (TPSA) is 37.3 Å². The molecule has 0 saturated heterocycles. The van der Waals surface area contributed by atoms with Crippen molar-refractivity contribution in [3.05, 3.63) is 0 Å². The van der Waals surface area contributed by atoms with Gasteiger partial charge in [-0.1, -0.05) is 0 Å². The summed E-state index contributed by atoms with van der Waals surface area (Å²) in [5.74, 6) is 1.69. The molecule has 3 atom stereocenters. The first-order valence-corrected chi connectivity index (χ1v) is 4.95. The van der Waals surface area contributed by atoms with E-state index in [-0.39, 0.29) is 6.10 Å². The second-order valence-electron chi connectivity index (χ2n) is 4.27. The molecule has 1 N–H and O–H groups in total. The maximum Gasteiger partial charge on any atom is 0.133 e. The highest BCUT2D eigenvalue weighted by Gasteiger charge is 2.33. The van der Waals surface area contributed by atoms with Crippen molar-refractivity contribution in [1.82, 2.24) is 0 Å². The van der Waals surface area contributed by atoms with Crippen molar-refractivity contribution in [2.75, 3.05) is 0 Å². The van der Waals surface area contributed by atoms with E-state index in [1.165, 1.54) is 0 Å². The van der Waals surface area contributed by atoms with E-state index in [1.54, 1.807) is 0 Å². The van der Waals surface area contributed by atoms with Gasteiger partial charge in [0.15, 0.2) is 0 Å². The Morgan fingerprint density at radius 1 is 1.17 bits per heavy atom. The molecule has 0 radical (unpaired) electrons. The normalized spacial score (nSPS) is 42.4. The lowest BCUT2D eigenvalue weighted by atomic mass is 9.70. The fourth-order valence-corrected chi connectivity index (χ4v) is 2.67. The molecule has 68 valence electrons. The Kier molecular flexibility index (Phi) is 2.18. The number of hydrogen-bond acceptors (Lipinski definition) is 2. The molecule has 2 heteroatoms. The molecule has 2 saturated carbocycles. The number of carbonyl (C=O) groups excluding carboxylic acids is 1. The molecule has 0 aromatic carbocycles. The molecule has 2 fully saturated rings. The second-order valence-corrected chi connectivity index (χ2v) is 4.27. The number of aliphatic hydroxyl groups is 1. The number of aliphatic hydroxyl groups excluding tert-OH is 1. The minimum atomic E-state index is -0.0838. The largest absolute Gasteiger partial charge is 0.393 e. The first kappa shape index (κ1) is 8.24. The van der Waals surface area contributed by atoms with Crippen LogP contribution in [0.25, 0.3) is 0 Å². The van der Waals surface area contributed by atoms with Crippen molar-refractivity contribution in [3.63, 3.8) is 0 Å². The minimum absolute atomic E-state index is 0.0838. The van der Waals surface area contributed by atoms with Crippen LogP contribution in [0.15, 0.2) is 0 Å². The molecule has 2 aliphatic rings. The van der Waals surface area contributed by atoms with Gasteiger partial charge in [-0.2, -0.15) is 0 Å². The van der Waals surface area contributed by atoms with Gasteiger partial charge in [0.2, 0.25) is 0 Å². The lowest BCUT2D eigenvalue weighted by Gasteiger charge is -2.36. The number of ketones is 1. The monoisotopic (exact) mass is 168 g/mol. The van der Waals surface area contributed by atoms with Crippen LogP contribution in [-0.4, -0.2) is 17.0 Å². The van der Waals surface area contributed by atoms with Gasteiger partial charge in [-0.25, -0.2) is 0 Å². The first-order chi connectivity index (χ1) is 5.75. The lowest BCUT2D eigenvalue weighted by molar-refractivity contribution is -0.124. The average molecular weight is 168 g/mol. The highest BCUT2D eigenvalue weighted by atomic mass is 16.3. The Labute approximate surface area is 73.0 Å². The van der Waals surface area contributed by atoms with Gasteiger partial charge in [-0.3, -0.25) is 4.79 Å². The third kappa shape index (κ3) is 1.53. The molecular formula is C10H16O2. The average Bonchev–Trinajstić information content (AvgIpc) is 2.05. The molecule has 0 bridgehead atoms. The van der Waals surface area contributed by atoms with E-state index in [1.807, 2.05) is 0 Å². The molecule has 2 rings (SSSR count). The van der Waals surface area contributed by atoms with E-state index >= 15 is 0 Å². The standard InChI is InChI=1S/C10H16O2/c11-9-3-1-7-5-10(12)4-2-8(7)6-9/h7-9,11H,1-6H2/t7-,8-,9+/m1/s1. The van der Waals surface area contributed by atoms with Crippen LogP contribution < -0.4 is 0 Å². The van der Waals surface area contributed by atoms with E-state index in [0.29, 0.717) is 17.6 Å². The van der Waals surface area contributed by atoms with Gasteiger partial charge in [-0.05, 0) is 37.5 Å². The molecular weight excluding hydrogens is 152 g/mol. The third-order valence-electron chi connectivity index (χ3n) is 3.40. The second kappa shape index (κ2) is 3.17. The van der Waals surface area contributed by atoms with Crippen LogP contribution in [0.2, 0.25) is 0 Å². The molecule has 2 nitrogen and oxygen atoms in total. The van der Waals surface area contributed by atoms with Crippen molar-refractivity contribution in [1.29, 1.82) is 0 Å². The zero-order valence-corrected chi connectivity index (χ0v) is 7.33. The first-order valence-electron chi connectivity index (χ1n) is 4.95. The van der Waals surface area contributed by atoms with Crippen LogP contribution in [0.3, 0.4) is 0 Å². The van der Waals surface area contributed by atoms with Crippen LogP contribution in [0.1, 0.15) is 38.5 Å². The molecule has 2 aliphatic carbocycles. The SMILES string of the molecule is O=C1CC[C@@H]2C[C@@H](O)CC[C@@H]2C1. The Hall–Kier alpha value is -0.370. The number of rotatable bonds is 0. The summed E-state index contributed by atoms with van der Waals surface area (Å²) in [6, 6.07) is 0. The fraction of sp³-hybridized carbons (Fsp3) is 0.900. The van der Waals surface area contributed by atoms with Gasteiger partial charge >= 0.3 is 0 Å². The van der Waals surface area contributed by atoms with Gasteiger partial charge in [0.25, 0.3) is 0 Å². The molecule has 0 aliphatic heterocycles. The Balaban J connectivity index is 1.98. The third-order valence-corrected chi connectivity index (χ3v) is 3.40. The van der Waals surface area contributed by atoms with Crippen LogP contribution >= 0.6 is 0 Å². The van der Waals surface area contributed by atoms with Gasteiger partial charge in [0.05, 0.1) is 6.10 Å². The smallest absolute Gasteiger partial charge is 0.133 e. The summed E-state index contributed by atoms with van der Waals surface area (Å²) in [6.45, 7) is 0. The maximum atomic E-state index is 11.1. The molecule has 0 aromatic rings. The van der Waals surface area contributed by atoms with Crippen LogP contribution in [-0.2, 0) is 4.79 Å². The van der Waals surface area contributed by atoms with Crippen molar-refractivity contribution < 1.29 is 9.90 Å². The van der Waals surface area contributed by atoms with Crippen LogP contribution in [0.4, 0.5) is 0 Å². The van der Waals surface area contributed by atoms with Gasteiger partial charge in [0.1, 0.15) is 5.78 Å². The number of carbonyl (C=O) groups is 1. The number of Topliss-reactive ketones (excluding diaryl/α,β-unsaturated/α-hetero) is 1. The summed E-state index contributed by atoms with van der Waals surface area (Å²) >= 11 is 0. The summed E-state index contributed by atoms with van der Waals surface area (Å²) in [7, 11) is 0. The zero-order chi connectivity index (χ0) is 8.55. The van der Waals surface area contributed by atoms with E-state index < -0.39 is 0 Å². The molecule has 0 heterocycles. The van der Waals surface area contributed by atoms with Crippen LogP contribution in [0, 0.1) is 11.8 Å². The van der Waals surface area contributed by atoms with Crippen LogP contribution in [0.5, 0.6) is 0 Å². The van der Waals surface area contributed by atoms with Crippen molar-refractivity contribution >= 4 is 5.78 Å². The lowest BCUT2D eigenvalue weighted by Crippen LogP contribution is -2.33. The summed E-state index contributed by atoms with van der Waals surface area (Å²) in [5, 5.41) is 9.43. The summed E-state index contributed by atoms with van der Waals surface area (Å²) in [5.41, 5.74) is 0. The zero-order valence-electron chi connectivity index (χ0n) is 7.33. The number of hydrogen-bond donors (Lipinski definition) is 1.